The number of hydrogen-bond donors (Lipinski definition) is 1. The molecular weight excluding hydrogens is 626 g/mol. The smallest absolute Gasteiger partial charge is 0.419 e. The lowest BCUT2D eigenvalue weighted by Crippen LogP contribution is -2.20. The monoisotopic (exact) mass is 674 g/mol. The molecule has 1 heterocycles. The van der Waals surface area contributed by atoms with Crippen molar-refractivity contribution in [1.82, 2.24) is 0 Å². The zero-order chi connectivity index (χ0) is 36.4. The highest BCUT2D eigenvalue weighted by molar-refractivity contribution is 6.21. The maximum Gasteiger partial charge on any atom is 0.419 e. The number of aliphatic imine (C=N–C) groups is 2. The Morgan fingerprint density at radius 2 is 1.70 bits per heavy atom. The Morgan fingerprint density at radius 3 is 2.32 bits per heavy atom. The molecule has 0 bridgehead atoms. The molecule has 0 amide bonds. The summed E-state index contributed by atoms with van der Waals surface area (Å²) >= 11 is 0. The molecule has 1 aliphatic carbocycles. The standard InChI is InChI=1S/C43H48F2N4O/c1-8-28(3)42(37-20-22-38(23-21-37)50-43(44,45)9-2)49-31(6)34-12-10-11-13-36(19-18-34)41-29(4)24-25-48-32(7)40(41)26-39(30(5)47)35-16-14-33(27-46)15-17-35/h8-9,14-17,20-23,25-26,36,47H,2,10-13,18-19,24H2,1,3-7H3/b28-8?,34-31-,39-26?,47-30?,49-42?. The molecule has 260 valence electrons. The van der Waals surface area contributed by atoms with Crippen molar-refractivity contribution in [2.45, 2.75) is 92.6 Å². The SMILES string of the molecule is C=CC(F)(F)Oc1ccc(C(=N/C(C)=C2/CCCCC(C3=C(C)CC=NC(C)=C3C=C(C(C)=N)c3ccc(C#N)cc3)CC2)C(C)=CC)cc1. The molecule has 1 unspecified atom stereocenters. The Labute approximate surface area is 296 Å². The first kappa shape index (κ1) is 37.9. The van der Waals surface area contributed by atoms with E-state index in [0.29, 0.717) is 23.3 Å². The van der Waals surface area contributed by atoms with E-state index in [1.54, 1.807) is 31.2 Å². The molecular formula is C43H48F2N4O. The summed E-state index contributed by atoms with van der Waals surface area (Å²) in [5, 5.41) is 18.0. The first-order chi connectivity index (χ1) is 23.9. The average molecular weight is 675 g/mol. The van der Waals surface area contributed by atoms with Gasteiger partial charge in [-0.05, 0) is 150 Å². The lowest BCUT2D eigenvalue weighted by Gasteiger charge is -2.27. The van der Waals surface area contributed by atoms with Gasteiger partial charge < -0.3 is 10.1 Å². The quantitative estimate of drug-likeness (QED) is 0.201. The van der Waals surface area contributed by atoms with Crippen LogP contribution in [-0.4, -0.2) is 23.7 Å². The van der Waals surface area contributed by atoms with E-state index in [1.807, 2.05) is 38.3 Å². The molecule has 1 N–H and O–H groups in total. The number of hydrogen-bond acceptors (Lipinski definition) is 5. The van der Waals surface area contributed by atoms with Crippen molar-refractivity contribution in [3.05, 3.63) is 129 Å². The van der Waals surface area contributed by atoms with Crippen molar-refractivity contribution in [2.75, 3.05) is 0 Å². The first-order valence-electron chi connectivity index (χ1n) is 17.3. The molecule has 0 radical (unpaired) electrons. The van der Waals surface area contributed by atoms with Crippen LogP contribution in [0, 0.1) is 22.7 Å². The number of nitriles is 1. The molecule has 5 nitrogen and oxygen atoms in total. The maximum absolute atomic E-state index is 13.7. The second-order valence-corrected chi connectivity index (χ2v) is 13.1. The van der Waals surface area contributed by atoms with Gasteiger partial charge in [0.2, 0.25) is 0 Å². The predicted molar refractivity (Wildman–Crippen MR) is 203 cm³/mol. The summed E-state index contributed by atoms with van der Waals surface area (Å²) in [4.78, 5) is 9.97. The van der Waals surface area contributed by atoms with Crippen LogP contribution in [0.3, 0.4) is 0 Å². The Balaban J connectivity index is 1.68. The van der Waals surface area contributed by atoms with Crippen LogP contribution in [0.2, 0.25) is 0 Å². The van der Waals surface area contributed by atoms with Crippen LogP contribution in [-0.2, 0) is 0 Å². The number of rotatable bonds is 10. The fraction of sp³-hybridized carbons (Fsp3) is 0.349. The van der Waals surface area contributed by atoms with Crippen molar-refractivity contribution in [3.63, 3.8) is 0 Å². The molecule has 1 aliphatic heterocycles. The number of alkyl halides is 2. The Bertz CT molecular complexity index is 1860. The van der Waals surface area contributed by atoms with E-state index in [1.165, 1.54) is 28.9 Å². The van der Waals surface area contributed by atoms with Gasteiger partial charge in [-0.15, -0.1) is 0 Å². The fourth-order valence-corrected chi connectivity index (χ4v) is 6.59. The summed E-state index contributed by atoms with van der Waals surface area (Å²) in [7, 11) is 0. The minimum Gasteiger partial charge on any atom is -0.429 e. The van der Waals surface area contributed by atoms with Gasteiger partial charge in [0, 0.05) is 47.0 Å². The highest BCUT2D eigenvalue weighted by atomic mass is 19.3. The van der Waals surface area contributed by atoms with Crippen LogP contribution in [0.25, 0.3) is 5.57 Å². The van der Waals surface area contributed by atoms with Gasteiger partial charge in [0.15, 0.2) is 0 Å². The lowest BCUT2D eigenvalue weighted by molar-refractivity contribution is -0.131. The van der Waals surface area contributed by atoms with Gasteiger partial charge in [0.25, 0.3) is 0 Å². The third-order valence-corrected chi connectivity index (χ3v) is 9.54. The van der Waals surface area contributed by atoms with Gasteiger partial charge in [0.05, 0.1) is 17.3 Å². The minimum atomic E-state index is -3.44. The van der Waals surface area contributed by atoms with E-state index in [0.717, 1.165) is 89.9 Å². The van der Waals surface area contributed by atoms with Crippen LogP contribution < -0.4 is 4.74 Å². The molecule has 1 saturated carbocycles. The van der Waals surface area contributed by atoms with Gasteiger partial charge in [-0.3, -0.25) is 9.98 Å². The predicted octanol–water partition coefficient (Wildman–Crippen LogP) is 11.9. The highest BCUT2D eigenvalue weighted by Crippen LogP contribution is 2.40. The first-order valence-corrected chi connectivity index (χ1v) is 17.3. The normalized spacial score (nSPS) is 19.3. The van der Waals surface area contributed by atoms with Crippen LogP contribution in [0.15, 0.2) is 123 Å². The van der Waals surface area contributed by atoms with Gasteiger partial charge in [-0.2, -0.15) is 14.0 Å². The molecule has 2 aromatic carbocycles. The molecule has 2 aromatic rings. The summed E-state index contributed by atoms with van der Waals surface area (Å²) in [5.41, 5.74) is 12.4. The number of nitrogens with zero attached hydrogens (tertiary/aromatic N) is 3. The molecule has 1 atom stereocenters. The number of allylic oxidation sites excluding steroid dienone is 10. The van der Waals surface area contributed by atoms with Gasteiger partial charge >= 0.3 is 6.11 Å². The molecule has 7 heteroatoms. The van der Waals surface area contributed by atoms with E-state index in [2.05, 4.69) is 39.5 Å². The van der Waals surface area contributed by atoms with Crippen molar-refractivity contribution >= 4 is 23.2 Å². The Hall–Kier alpha value is -4.96. The topological polar surface area (TPSA) is 81.6 Å². The van der Waals surface area contributed by atoms with Crippen LogP contribution in [0.4, 0.5) is 8.78 Å². The molecule has 4 rings (SSSR count). The fourth-order valence-electron chi connectivity index (χ4n) is 6.59. The summed E-state index contributed by atoms with van der Waals surface area (Å²) in [6.07, 6.45) is 10.0. The molecule has 2 aliphatic rings. The van der Waals surface area contributed by atoms with Crippen LogP contribution >= 0.6 is 0 Å². The Kier molecular flexibility index (Phi) is 13.0. The highest BCUT2D eigenvalue weighted by Gasteiger charge is 2.27. The third kappa shape index (κ3) is 9.59. The van der Waals surface area contributed by atoms with Crippen LogP contribution in [0.1, 0.15) is 103 Å². The van der Waals surface area contributed by atoms with Gasteiger partial charge in [-0.25, -0.2) is 0 Å². The van der Waals surface area contributed by atoms with Crippen molar-refractivity contribution in [2.24, 2.45) is 15.9 Å². The second kappa shape index (κ2) is 17.1. The Morgan fingerprint density at radius 1 is 1.02 bits per heavy atom. The second-order valence-electron chi connectivity index (χ2n) is 13.1. The van der Waals surface area contributed by atoms with Gasteiger partial charge in [0.1, 0.15) is 5.75 Å². The summed E-state index contributed by atoms with van der Waals surface area (Å²) in [6, 6.07) is 16.2. The maximum atomic E-state index is 13.7. The summed E-state index contributed by atoms with van der Waals surface area (Å²) < 4.78 is 32.2. The number of halogens is 2. The lowest BCUT2D eigenvalue weighted by atomic mass is 9.77. The minimum absolute atomic E-state index is 0.0593. The van der Waals surface area contributed by atoms with Crippen molar-refractivity contribution < 1.29 is 13.5 Å². The molecule has 0 spiro atoms. The molecule has 0 aromatic heterocycles. The summed E-state index contributed by atoms with van der Waals surface area (Å²) in [6.45, 7) is 15.3. The number of benzene rings is 2. The molecule has 1 fully saturated rings. The largest absolute Gasteiger partial charge is 0.429 e. The van der Waals surface area contributed by atoms with Crippen LogP contribution in [0.5, 0.6) is 5.75 Å². The summed E-state index contributed by atoms with van der Waals surface area (Å²) in [5.74, 6) is 0.375. The average Bonchev–Trinajstić information content (AvgIpc) is 3.22. The van der Waals surface area contributed by atoms with E-state index >= 15 is 0 Å². The third-order valence-electron chi connectivity index (χ3n) is 9.54. The van der Waals surface area contributed by atoms with Gasteiger partial charge in [-0.1, -0.05) is 36.8 Å². The number of ether oxygens (including phenoxy) is 1. The van der Waals surface area contributed by atoms with Crippen molar-refractivity contribution in [1.29, 1.82) is 10.7 Å². The van der Waals surface area contributed by atoms with E-state index < -0.39 is 6.11 Å². The van der Waals surface area contributed by atoms with E-state index in [9.17, 15) is 14.0 Å². The van der Waals surface area contributed by atoms with E-state index in [-0.39, 0.29) is 5.75 Å². The number of nitrogens with one attached hydrogen (secondary N) is 1. The molecule has 0 saturated heterocycles. The molecule has 50 heavy (non-hydrogen) atoms. The zero-order valence-electron chi connectivity index (χ0n) is 30.2. The van der Waals surface area contributed by atoms with E-state index in [4.69, 9.17) is 20.1 Å². The van der Waals surface area contributed by atoms with Crippen molar-refractivity contribution in [3.8, 4) is 11.8 Å². The zero-order valence-corrected chi connectivity index (χ0v) is 30.2.